The van der Waals surface area contributed by atoms with Crippen molar-refractivity contribution in [3.8, 4) is 0 Å². The molecule has 1 aliphatic heterocycles. The fraction of sp³-hybridized carbons (Fsp3) is 0.625. The van der Waals surface area contributed by atoms with Crippen LogP contribution in [0.3, 0.4) is 0 Å². The maximum atomic E-state index is 5.71. The third-order valence-electron chi connectivity index (χ3n) is 4.24. The highest BCUT2D eigenvalue weighted by Gasteiger charge is 2.29. The Bertz CT molecular complexity index is 382. The number of likely N-dealkylation sites (N-methyl/N-ethyl adjacent to an activating group) is 1. The predicted octanol–water partition coefficient (Wildman–Crippen LogP) is 2.86. The first-order valence-electron chi connectivity index (χ1n) is 6.95. The summed E-state index contributed by atoms with van der Waals surface area (Å²) >= 11 is 0. The van der Waals surface area contributed by atoms with Gasteiger partial charge in [0, 0.05) is 12.0 Å². The molecule has 1 heterocycles. The van der Waals surface area contributed by atoms with Crippen LogP contribution in [-0.2, 0) is 11.2 Å². The first kappa shape index (κ1) is 13.6. The summed E-state index contributed by atoms with van der Waals surface area (Å²) in [5.41, 5.74) is 4.31. The van der Waals surface area contributed by atoms with Gasteiger partial charge in [-0.3, -0.25) is 0 Å². The Hall–Kier alpha value is -0.860. The summed E-state index contributed by atoms with van der Waals surface area (Å²) in [5, 5.41) is 3.49. The molecule has 3 atom stereocenters. The standard InChI is InChI=1S/C16H25NO/c1-11-6-5-7-12(2)15(11)9-16(17-4)14-8-13(3)18-10-14/h5-7,13-14,16-17H,8-10H2,1-4H3. The van der Waals surface area contributed by atoms with Crippen molar-refractivity contribution in [3.63, 3.8) is 0 Å². The van der Waals surface area contributed by atoms with Crippen LogP contribution >= 0.6 is 0 Å². The molecule has 1 saturated heterocycles. The summed E-state index contributed by atoms with van der Waals surface area (Å²) < 4.78 is 5.71. The van der Waals surface area contributed by atoms with Crippen LogP contribution in [0.4, 0.5) is 0 Å². The van der Waals surface area contributed by atoms with E-state index in [-0.39, 0.29) is 0 Å². The zero-order valence-electron chi connectivity index (χ0n) is 12.0. The van der Waals surface area contributed by atoms with E-state index < -0.39 is 0 Å². The first-order valence-corrected chi connectivity index (χ1v) is 6.95. The SMILES string of the molecule is CNC(Cc1c(C)cccc1C)C1COC(C)C1. The molecule has 1 N–H and O–H groups in total. The van der Waals surface area contributed by atoms with Gasteiger partial charge in [0.2, 0.25) is 0 Å². The van der Waals surface area contributed by atoms with Gasteiger partial charge in [-0.25, -0.2) is 0 Å². The molecule has 0 aromatic heterocycles. The van der Waals surface area contributed by atoms with Crippen LogP contribution in [0.25, 0.3) is 0 Å². The minimum absolute atomic E-state index is 0.420. The van der Waals surface area contributed by atoms with E-state index in [1.165, 1.54) is 23.1 Å². The maximum absolute atomic E-state index is 5.71. The molecule has 1 fully saturated rings. The largest absolute Gasteiger partial charge is 0.378 e. The minimum atomic E-state index is 0.420. The number of aryl methyl sites for hydroxylation is 2. The van der Waals surface area contributed by atoms with E-state index in [2.05, 4.69) is 51.3 Å². The lowest BCUT2D eigenvalue weighted by molar-refractivity contribution is 0.117. The molecule has 3 unspecified atom stereocenters. The van der Waals surface area contributed by atoms with Gasteiger partial charge in [0.1, 0.15) is 0 Å². The van der Waals surface area contributed by atoms with E-state index in [1.54, 1.807) is 0 Å². The van der Waals surface area contributed by atoms with Crippen molar-refractivity contribution in [2.24, 2.45) is 5.92 Å². The van der Waals surface area contributed by atoms with E-state index in [9.17, 15) is 0 Å². The molecule has 0 amide bonds. The zero-order chi connectivity index (χ0) is 13.1. The molecule has 2 heteroatoms. The molecular formula is C16H25NO. The molecular weight excluding hydrogens is 222 g/mol. The lowest BCUT2D eigenvalue weighted by Crippen LogP contribution is -2.36. The molecule has 0 radical (unpaired) electrons. The molecule has 1 aromatic carbocycles. The Labute approximate surface area is 111 Å². The van der Waals surface area contributed by atoms with Gasteiger partial charge in [0.15, 0.2) is 0 Å². The van der Waals surface area contributed by atoms with Gasteiger partial charge in [-0.1, -0.05) is 18.2 Å². The highest BCUT2D eigenvalue weighted by Crippen LogP contribution is 2.26. The number of hydrogen-bond acceptors (Lipinski definition) is 2. The first-order chi connectivity index (χ1) is 8.61. The van der Waals surface area contributed by atoms with Gasteiger partial charge < -0.3 is 10.1 Å². The summed E-state index contributed by atoms with van der Waals surface area (Å²) in [6.07, 6.45) is 2.70. The molecule has 18 heavy (non-hydrogen) atoms. The second-order valence-corrected chi connectivity index (χ2v) is 5.61. The average Bonchev–Trinajstić information content (AvgIpc) is 2.76. The van der Waals surface area contributed by atoms with Crippen LogP contribution in [0.15, 0.2) is 18.2 Å². The van der Waals surface area contributed by atoms with Crippen molar-refractivity contribution in [1.82, 2.24) is 5.32 Å². The summed E-state index contributed by atoms with van der Waals surface area (Å²) in [5.74, 6) is 0.643. The Morgan fingerprint density at radius 3 is 2.50 bits per heavy atom. The lowest BCUT2D eigenvalue weighted by atomic mass is 9.88. The summed E-state index contributed by atoms with van der Waals surface area (Å²) in [7, 11) is 2.07. The molecule has 0 bridgehead atoms. The van der Waals surface area contributed by atoms with E-state index in [4.69, 9.17) is 4.74 Å². The fourth-order valence-corrected chi connectivity index (χ4v) is 3.03. The third kappa shape index (κ3) is 2.93. The number of rotatable bonds is 4. The van der Waals surface area contributed by atoms with Crippen LogP contribution in [0.1, 0.15) is 30.0 Å². The van der Waals surface area contributed by atoms with Gasteiger partial charge in [-0.2, -0.15) is 0 Å². The Morgan fingerprint density at radius 2 is 2.00 bits per heavy atom. The molecule has 100 valence electrons. The molecule has 0 aliphatic carbocycles. The van der Waals surface area contributed by atoms with Crippen molar-refractivity contribution < 1.29 is 4.74 Å². The minimum Gasteiger partial charge on any atom is -0.378 e. The zero-order valence-corrected chi connectivity index (χ0v) is 12.0. The molecule has 2 nitrogen and oxygen atoms in total. The van der Waals surface area contributed by atoms with Crippen molar-refractivity contribution in [2.45, 2.75) is 45.8 Å². The number of ether oxygens (including phenoxy) is 1. The Morgan fingerprint density at radius 1 is 1.33 bits per heavy atom. The van der Waals surface area contributed by atoms with E-state index in [1.807, 2.05) is 0 Å². The number of hydrogen-bond donors (Lipinski definition) is 1. The summed E-state index contributed by atoms with van der Waals surface area (Å²) in [4.78, 5) is 0. The van der Waals surface area contributed by atoms with Crippen molar-refractivity contribution in [3.05, 3.63) is 34.9 Å². The van der Waals surface area contributed by atoms with Crippen LogP contribution < -0.4 is 5.32 Å². The lowest BCUT2D eigenvalue weighted by Gasteiger charge is -2.24. The smallest absolute Gasteiger partial charge is 0.0551 e. The number of nitrogens with one attached hydrogen (secondary N) is 1. The van der Waals surface area contributed by atoms with E-state index >= 15 is 0 Å². The van der Waals surface area contributed by atoms with E-state index in [0.29, 0.717) is 18.1 Å². The Kier molecular flexibility index (Phi) is 4.41. The molecule has 1 aromatic rings. The second-order valence-electron chi connectivity index (χ2n) is 5.61. The normalized spacial score (nSPS) is 25.3. The highest BCUT2D eigenvalue weighted by atomic mass is 16.5. The average molecular weight is 247 g/mol. The van der Waals surface area contributed by atoms with Crippen LogP contribution in [0, 0.1) is 19.8 Å². The quantitative estimate of drug-likeness (QED) is 0.883. The van der Waals surface area contributed by atoms with Gasteiger partial charge in [0.25, 0.3) is 0 Å². The molecule has 0 saturated carbocycles. The van der Waals surface area contributed by atoms with Gasteiger partial charge in [-0.05, 0) is 57.4 Å². The highest BCUT2D eigenvalue weighted by molar-refractivity contribution is 5.34. The van der Waals surface area contributed by atoms with Crippen molar-refractivity contribution >= 4 is 0 Å². The van der Waals surface area contributed by atoms with Crippen LogP contribution in [-0.4, -0.2) is 25.8 Å². The third-order valence-corrected chi connectivity index (χ3v) is 4.24. The van der Waals surface area contributed by atoms with Crippen molar-refractivity contribution in [1.29, 1.82) is 0 Å². The van der Waals surface area contributed by atoms with Gasteiger partial charge in [0.05, 0.1) is 12.7 Å². The Balaban J connectivity index is 2.10. The monoisotopic (exact) mass is 247 g/mol. The fourth-order valence-electron chi connectivity index (χ4n) is 3.03. The second kappa shape index (κ2) is 5.85. The topological polar surface area (TPSA) is 21.3 Å². The molecule has 0 spiro atoms. The van der Waals surface area contributed by atoms with Crippen LogP contribution in [0.5, 0.6) is 0 Å². The van der Waals surface area contributed by atoms with Gasteiger partial charge >= 0.3 is 0 Å². The number of benzene rings is 1. The van der Waals surface area contributed by atoms with Crippen LogP contribution in [0.2, 0.25) is 0 Å². The molecule has 2 rings (SSSR count). The van der Waals surface area contributed by atoms with Crippen molar-refractivity contribution in [2.75, 3.05) is 13.7 Å². The predicted molar refractivity (Wildman–Crippen MR) is 76.0 cm³/mol. The molecule has 1 aliphatic rings. The summed E-state index contributed by atoms with van der Waals surface area (Å²) in [6, 6.07) is 7.09. The van der Waals surface area contributed by atoms with E-state index in [0.717, 1.165) is 13.0 Å². The maximum Gasteiger partial charge on any atom is 0.0551 e. The van der Waals surface area contributed by atoms with Gasteiger partial charge in [-0.15, -0.1) is 0 Å². The summed E-state index contributed by atoms with van der Waals surface area (Å²) in [6.45, 7) is 7.50.